The van der Waals surface area contributed by atoms with Gasteiger partial charge in [-0.1, -0.05) is 6.07 Å². The number of rotatable bonds is 4. The molecule has 2 aromatic carbocycles. The number of nitrogens with one attached hydrogen (secondary N) is 1. The van der Waals surface area contributed by atoms with E-state index >= 15 is 0 Å². The third-order valence-electron chi connectivity index (χ3n) is 3.05. The first-order valence-electron chi connectivity index (χ1n) is 6.34. The largest absolute Gasteiger partial charge is 0.496 e. The molecule has 0 saturated heterocycles. The average Bonchev–Trinajstić information content (AvgIpc) is 2.48. The summed E-state index contributed by atoms with van der Waals surface area (Å²) in [4.78, 5) is 12.1. The quantitative estimate of drug-likeness (QED) is 0.938. The average molecular weight is 289 g/mol. The number of anilines is 1. The number of aryl methyl sites for hydroxylation is 1. The molecule has 0 bridgehead atoms. The van der Waals surface area contributed by atoms with Crippen molar-refractivity contribution in [2.75, 3.05) is 19.5 Å². The lowest BCUT2D eigenvalue weighted by atomic mass is 10.1. The first-order chi connectivity index (χ1) is 10.0. The van der Waals surface area contributed by atoms with Crippen LogP contribution in [0.15, 0.2) is 36.4 Å². The van der Waals surface area contributed by atoms with E-state index in [1.54, 1.807) is 19.2 Å². The zero-order valence-corrected chi connectivity index (χ0v) is 12.1. The highest BCUT2D eigenvalue weighted by molar-refractivity contribution is 6.05. The zero-order chi connectivity index (χ0) is 15.4. The number of carbonyl (C=O) groups is 1. The van der Waals surface area contributed by atoms with Crippen molar-refractivity contribution in [2.24, 2.45) is 0 Å². The second kappa shape index (κ2) is 6.26. The minimum absolute atomic E-state index is 0.233. The number of halogens is 1. The molecule has 0 radical (unpaired) electrons. The Hall–Kier alpha value is -2.56. The van der Waals surface area contributed by atoms with Crippen LogP contribution in [-0.2, 0) is 0 Å². The Morgan fingerprint density at radius 2 is 1.81 bits per heavy atom. The van der Waals surface area contributed by atoms with Gasteiger partial charge in [-0.05, 0) is 36.8 Å². The van der Waals surface area contributed by atoms with Gasteiger partial charge in [0.15, 0.2) is 0 Å². The van der Waals surface area contributed by atoms with Crippen LogP contribution in [0.2, 0.25) is 0 Å². The van der Waals surface area contributed by atoms with E-state index in [0.29, 0.717) is 17.2 Å². The van der Waals surface area contributed by atoms with Crippen molar-refractivity contribution in [3.63, 3.8) is 0 Å². The molecule has 0 unspecified atom stereocenters. The number of hydrogen-bond donors (Lipinski definition) is 1. The Bertz CT molecular complexity index is 671. The van der Waals surface area contributed by atoms with Crippen LogP contribution in [0.3, 0.4) is 0 Å². The van der Waals surface area contributed by atoms with Gasteiger partial charge in [-0.15, -0.1) is 0 Å². The fourth-order valence-electron chi connectivity index (χ4n) is 1.97. The number of hydrogen-bond acceptors (Lipinski definition) is 3. The van der Waals surface area contributed by atoms with Gasteiger partial charge in [0.25, 0.3) is 5.91 Å². The molecule has 1 N–H and O–H groups in total. The van der Waals surface area contributed by atoms with Crippen LogP contribution < -0.4 is 14.8 Å². The molecule has 0 aliphatic rings. The lowest BCUT2D eigenvalue weighted by Crippen LogP contribution is -2.13. The molecule has 110 valence electrons. The summed E-state index contributed by atoms with van der Waals surface area (Å²) in [5.41, 5.74) is 1.59. The molecule has 0 aliphatic heterocycles. The van der Waals surface area contributed by atoms with E-state index in [1.165, 1.54) is 31.4 Å². The molecule has 4 nitrogen and oxygen atoms in total. The van der Waals surface area contributed by atoms with Crippen molar-refractivity contribution in [2.45, 2.75) is 6.92 Å². The summed E-state index contributed by atoms with van der Waals surface area (Å²) in [5, 5.41) is 2.70. The van der Waals surface area contributed by atoms with Gasteiger partial charge in [0.05, 0.1) is 19.9 Å². The van der Waals surface area contributed by atoms with Gasteiger partial charge in [-0.3, -0.25) is 4.79 Å². The lowest BCUT2D eigenvalue weighted by Gasteiger charge is -2.14. The molecular formula is C16H16FNO3. The normalized spacial score (nSPS) is 10.1. The van der Waals surface area contributed by atoms with Gasteiger partial charge < -0.3 is 14.8 Å². The number of ether oxygens (including phenoxy) is 2. The van der Waals surface area contributed by atoms with Crippen LogP contribution in [0.4, 0.5) is 10.1 Å². The fourth-order valence-corrected chi connectivity index (χ4v) is 1.97. The minimum atomic E-state index is -0.462. The van der Waals surface area contributed by atoms with Crippen LogP contribution in [0.1, 0.15) is 15.9 Å². The van der Waals surface area contributed by atoms with E-state index in [9.17, 15) is 9.18 Å². The van der Waals surface area contributed by atoms with Crippen molar-refractivity contribution in [3.05, 3.63) is 53.3 Å². The van der Waals surface area contributed by atoms with E-state index in [4.69, 9.17) is 9.47 Å². The molecule has 0 heterocycles. The van der Waals surface area contributed by atoms with Crippen molar-refractivity contribution in [1.29, 1.82) is 0 Å². The maximum Gasteiger partial charge on any atom is 0.255 e. The van der Waals surface area contributed by atoms with Crippen molar-refractivity contribution in [1.82, 2.24) is 0 Å². The molecule has 0 saturated carbocycles. The van der Waals surface area contributed by atoms with Crippen molar-refractivity contribution >= 4 is 11.6 Å². The first-order valence-corrected chi connectivity index (χ1v) is 6.34. The Kier molecular flexibility index (Phi) is 4.42. The summed E-state index contributed by atoms with van der Waals surface area (Å²) < 4.78 is 23.6. The maximum atomic E-state index is 13.2. The monoisotopic (exact) mass is 289 g/mol. The molecule has 0 atom stereocenters. The smallest absolute Gasteiger partial charge is 0.255 e. The van der Waals surface area contributed by atoms with Crippen LogP contribution in [0, 0.1) is 12.7 Å². The molecule has 0 spiro atoms. The predicted molar refractivity (Wildman–Crippen MR) is 78.6 cm³/mol. The van der Waals surface area contributed by atoms with Crippen molar-refractivity contribution < 1.29 is 18.7 Å². The van der Waals surface area contributed by atoms with E-state index in [-0.39, 0.29) is 5.56 Å². The lowest BCUT2D eigenvalue weighted by molar-refractivity contribution is 0.102. The van der Waals surface area contributed by atoms with Crippen LogP contribution in [-0.4, -0.2) is 20.1 Å². The van der Waals surface area contributed by atoms with Crippen LogP contribution in [0.5, 0.6) is 11.5 Å². The molecule has 0 aromatic heterocycles. The molecule has 0 aliphatic carbocycles. The Balaban J connectivity index is 2.32. The summed E-state index contributed by atoms with van der Waals surface area (Å²) >= 11 is 0. The standard InChI is InChI=1S/C16H16FNO3/c1-10-7-15(21-3)13(9-14(10)20-2)18-16(19)11-5-4-6-12(17)8-11/h4-9H,1-3H3,(H,18,19). The Morgan fingerprint density at radius 3 is 2.43 bits per heavy atom. The fraction of sp³-hybridized carbons (Fsp3) is 0.188. The highest BCUT2D eigenvalue weighted by Crippen LogP contribution is 2.32. The van der Waals surface area contributed by atoms with E-state index in [0.717, 1.165) is 5.56 Å². The minimum Gasteiger partial charge on any atom is -0.496 e. The van der Waals surface area contributed by atoms with E-state index in [2.05, 4.69) is 5.32 Å². The summed E-state index contributed by atoms with van der Waals surface area (Å²) in [5.74, 6) is 0.262. The van der Waals surface area contributed by atoms with Crippen LogP contribution in [0.25, 0.3) is 0 Å². The van der Waals surface area contributed by atoms with Gasteiger partial charge in [-0.2, -0.15) is 0 Å². The Morgan fingerprint density at radius 1 is 1.10 bits per heavy atom. The maximum absolute atomic E-state index is 13.2. The Labute approximate surface area is 122 Å². The molecule has 5 heteroatoms. The third kappa shape index (κ3) is 3.31. The molecule has 0 fully saturated rings. The van der Waals surface area contributed by atoms with E-state index < -0.39 is 11.7 Å². The molecular weight excluding hydrogens is 273 g/mol. The second-order valence-corrected chi connectivity index (χ2v) is 4.49. The number of carbonyl (C=O) groups excluding carboxylic acids is 1. The number of benzene rings is 2. The predicted octanol–water partition coefficient (Wildman–Crippen LogP) is 3.40. The third-order valence-corrected chi connectivity index (χ3v) is 3.05. The molecule has 2 aromatic rings. The number of amides is 1. The molecule has 1 amide bonds. The highest BCUT2D eigenvalue weighted by atomic mass is 19.1. The van der Waals surface area contributed by atoms with Gasteiger partial charge in [0.1, 0.15) is 17.3 Å². The van der Waals surface area contributed by atoms with Gasteiger partial charge >= 0.3 is 0 Å². The molecule has 21 heavy (non-hydrogen) atoms. The van der Waals surface area contributed by atoms with Crippen molar-refractivity contribution in [3.8, 4) is 11.5 Å². The summed E-state index contributed by atoms with van der Waals surface area (Å²) in [6.07, 6.45) is 0. The first kappa shape index (κ1) is 14.8. The van der Waals surface area contributed by atoms with Gasteiger partial charge in [-0.25, -0.2) is 4.39 Å². The van der Waals surface area contributed by atoms with Crippen LogP contribution >= 0.6 is 0 Å². The summed E-state index contributed by atoms with van der Waals surface area (Å²) in [6.45, 7) is 1.87. The van der Waals surface area contributed by atoms with E-state index in [1.807, 2.05) is 6.92 Å². The number of methoxy groups -OCH3 is 2. The van der Waals surface area contributed by atoms with Gasteiger partial charge in [0.2, 0.25) is 0 Å². The SMILES string of the molecule is COc1cc(NC(=O)c2cccc(F)c2)c(OC)cc1C. The molecule has 2 rings (SSSR count). The highest BCUT2D eigenvalue weighted by Gasteiger charge is 2.13. The topological polar surface area (TPSA) is 47.6 Å². The summed E-state index contributed by atoms with van der Waals surface area (Å²) in [6, 6.07) is 8.92. The van der Waals surface area contributed by atoms with Gasteiger partial charge in [0, 0.05) is 11.6 Å². The second-order valence-electron chi connectivity index (χ2n) is 4.49. The summed E-state index contributed by atoms with van der Waals surface area (Å²) in [7, 11) is 3.06. The zero-order valence-electron chi connectivity index (χ0n) is 12.1.